The van der Waals surface area contributed by atoms with Crippen LogP contribution in [0.1, 0.15) is 62.2 Å². The van der Waals surface area contributed by atoms with Crippen LogP contribution in [0.15, 0.2) is 35.9 Å². The molecule has 2 saturated heterocycles. The normalized spacial score (nSPS) is 21.3. The highest BCUT2D eigenvalue weighted by Gasteiger charge is 2.22. The van der Waals surface area contributed by atoms with E-state index in [1.54, 1.807) is 5.57 Å². The third-order valence-electron chi connectivity index (χ3n) is 7.35. The second-order valence-corrected chi connectivity index (χ2v) is 9.35. The molecule has 2 fully saturated rings. The van der Waals surface area contributed by atoms with Gasteiger partial charge >= 0.3 is 0 Å². The van der Waals surface area contributed by atoms with Crippen molar-refractivity contribution in [2.75, 3.05) is 57.3 Å². The molecule has 31 heavy (non-hydrogen) atoms. The van der Waals surface area contributed by atoms with Crippen LogP contribution in [0, 0.1) is 0 Å². The lowest BCUT2D eigenvalue weighted by Crippen LogP contribution is -2.48. The number of carbonyl (C=O) groups is 1. The molecule has 0 saturated carbocycles. The van der Waals surface area contributed by atoms with Gasteiger partial charge in [0, 0.05) is 56.6 Å². The molecular weight excluding hydrogens is 384 g/mol. The van der Waals surface area contributed by atoms with Crippen molar-refractivity contribution in [2.24, 2.45) is 0 Å². The van der Waals surface area contributed by atoms with Gasteiger partial charge in [0.05, 0.1) is 0 Å². The van der Waals surface area contributed by atoms with Crippen LogP contribution in [0.4, 0.5) is 5.69 Å². The van der Waals surface area contributed by atoms with E-state index in [-0.39, 0.29) is 5.91 Å². The van der Waals surface area contributed by atoms with Crippen LogP contribution in [0.25, 0.3) is 0 Å². The van der Waals surface area contributed by atoms with Crippen LogP contribution < -0.4 is 10.2 Å². The molecule has 170 valence electrons. The molecule has 1 aromatic rings. The number of likely N-dealkylation sites (N-methyl/N-ethyl adjacent to an activating group) is 1. The molecule has 0 radical (unpaired) electrons. The Labute approximate surface area is 188 Å². The maximum Gasteiger partial charge on any atom is 0.253 e. The molecule has 1 N–H and O–H groups in total. The molecule has 2 heterocycles. The van der Waals surface area contributed by atoms with Gasteiger partial charge in [-0.05, 0) is 82.3 Å². The van der Waals surface area contributed by atoms with E-state index in [9.17, 15) is 4.79 Å². The molecular formula is C26H40N4O. The molecule has 0 bridgehead atoms. The van der Waals surface area contributed by atoms with E-state index in [2.05, 4.69) is 40.2 Å². The molecule has 0 spiro atoms. The molecule has 1 aliphatic carbocycles. The van der Waals surface area contributed by atoms with E-state index in [4.69, 9.17) is 0 Å². The number of carbonyl (C=O) groups excluding carboxylic acids is 1. The number of benzene rings is 1. The molecule has 3 aliphatic rings. The Morgan fingerprint density at radius 3 is 2.39 bits per heavy atom. The number of nitrogens with one attached hydrogen (secondary N) is 1. The SMILES string of the molecule is CCN1CCN(C(=O)c2ccc(N3CCC(NCCC4=CCCCC4)CC3)cc2)CC1. The first kappa shape index (κ1) is 22.3. The maximum absolute atomic E-state index is 12.8. The molecule has 5 heteroatoms. The number of piperazine rings is 1. The lowest BCUT2D eigenvalue weighted by molar-refractivity contribution is 0.0643. The van der Waals surface area contributed by atoms with Gasteiger partial charge in [0.2, 0.25) is 0 Å². The second kappa shape index (κ2) is 11.1. The standard InChI is InChI=1S/C26H40N4O/c1-2-28-18-20-30(21-19-28)26(31)23-8-10-25(11-9-23)29-16-13-24(14-17-29)27-15-12-22-6-4-3-5-7-22/h6,8-11,24,27H,2-5,7,12-21H2,1H3. The summed E-state index contributed by atoms with van der Waals surface area (Å²) in [5.41, 5.74) is 3.73. The summed E-state index contributed by atoms with van der Waals surface area (Å²) in [4.78, 5) is 19.7. The molecule has 4 rings (SSSR count). The molecule has 0 atom stereocenters. The predicted molar refractivity (Wildman–Crippen MR) is 129 cm³/mol. The van der Waals surface area contributed by atoms with E-state index < -0.39 is 0 Å². The Bertz CT molecular complexity index is 728. The number of nitrogens with zero attached hydrogens (tertiary/aromatic N) is 3. The summed E-state index contributed by atoms with van der Waals surface area (Å²) in [6.45, 7) is 10.2. The van der Waals surface area contributed by atoms with Crippen LogP contribution in [0.3, 0.4) is 0 Å². The van der Waals surface area contributed by atoms with Gasteiger partial charge in [-0.2, -0.15) is 0 Å². The lowest BCUT2D eigenvalue weighted by atomic mass is 9.97. The summed E-state index contributed by atoms with van der Waals surface area (Å²) in [7, 11) is 0. The highest BCUT2D eigenvalue weighted by Crippen LogP contribution is 2.22. The average Bonchev–Trinajstić information content (AvgIpc) is 2.85. The number of hydrogen-bond acceptors (Lipinski definition) is 4. The number of rotatable bonds is 7. The molecule has 1 aromatic carbocycles. The van der Waals surface area contributed by atoms with E-state index in [1.807, 2.05) is 17.0 Å². The highest BCUT2D eigenvalue weighted by molar-refractivity contribution is 5.94. The van der Waals surface area contributed by atoms with Gasteiger partial charge in [0.15, 0.2) is 0 Å². The minimum Gasteiger partial charge on any atom is -0.371 e. The summed E-state index contributed by atoms with van der Waals surface area (Å²) in [6.07, 6.45) is 11.4. The van der Waals surface area contributed by atoms with Gasteiger partial charge in [-0.25, -0.2) is 0 Å². The Morgan fingerprint density at radius 2 is 1.74 bits per heavy atom. The van der Waals surface area contributed by atoms with Crippen LogP contribution in [0.5, 0.6) is 0 Å². The number of allylic oxidation sites excluding steroid dienone is 1. The van der Waals surface area contributed by atoms with Crippen LogP contribution in [-0.2, 0) is 0 Å². The molecule has 1 amide bonds. The first-order valence-electron chi connectivity index (χ1n) is 12.5. The minimum absolute atomic E-state index is 0.179. The number of piperidine rings is 1. The van der Waals surface area contributed by atoms with Crippen molar-refractivity contribution in [2.45, 2.75) is 57.9 Å². The monoisotopic (exact) mass is 424 g/mol. The van der Waals surface area contributed by atoms with Gasteiger partial charge in [-0.15, -0.1) is 0 Å². The van der Waals surface area contributed by atoms with Gasteiger partial charge in [0.1, 0.15) is 0 Å². The zero-order valence-electron chi connectivity index (χ0n) is 19.3. The minimum atomic E-state index is 0.179. The van der Waals surface area contributed by atoms with Crippen molar-refractivity contribution >= 4 is 11.6 Å². The lowest BCUT2D eigenvalue weighted by Gasteiger charge is -2.35. The third kappa shape index (κ3) is 6.11. The molecule has 0 unspecified atom stereocenters. The smallest absolute Gasteiger partial charge is 0.253 e. The van der Waals surface area contributed by atoms with E-state index >= 15 is 0 Å². The zero-order valence-corrected chi connectivity index (χ0v) is 19.3. The fourth-order valence-electron chi connectivity index (χ4n) is 5.17. The Hall–Kier alpha value is -1.85. The van der Waals surface area contributed by atoms with Gasteiger partial charge in [-0.1, -0.05) is 18.6 Å². The fraction of sp³-hybridized carbons (Fsp3) is 0.654. The zero-order chi connectivity index (χ0) is 21.5. The first-order valence-corrected chi connectivity index (χ1v) is 12.5. The summed E-state index contributed by atoms with van der Waals surface area (Å²) in [5.74, 6) is 0.179. The molecule has 0 aromatic heterocycles. The summed E-state index contributed by atoms with van der Waals surface area (Å²) < 4.78 is 0. The van der Waals surface area contributed by atoms with Crippen LogP contribution in [0.2, 0.25) is 0 Å². The van der Waals surface area contributed by atoms with Crippen molar-refractivity contribution < 1.29 is 4.79 Å². The average molecular weight is 425 g/mol. The quantitative estimate of drug-likeness (QED) is 0.674. The number of hydrogen-bond donors (Lipinski definition) is 1. The largest absolute Gasteiger partial charge is 0.371 e. The van der Waals surface area contributed by atoms with Gasteiger partial charge < -0.3 is 20.0 Å². The van der Waals surface area contributed by atoms with Crippen molar-refractivity contribution in [3.63, 3.8) is 0 Å². The number of amides is 1. The second-order valence-electron chi connectivity index (χ2n) is 9.35. The van der Waals surface area contributed by atoms with Crippen molar-refractivity contribution in [3.05, 3.63) is 41.5 Å². The molecule has 5 nitrogen and oxygen atoms in total. The van der Waals surface area contributed by atoms with Crippen molar-refractivity contribution in [1.82, 2.24) is 15.1 Å². The summed E-state index contributed by atoms with van der Waals surface area (Å²) in [6, 6.07) is 8.96. The van der Waals surface area contributed by atoms with E-state index in [0.717, 1.165) is 57.9 Å². The van der Waals surface area contributed by atoms with Crippen LogP contribution >= 0.6 is 0 Å². The Morgan fingerprint density at radius 1 is 1.00 bits per heavy atom. The van der Waals surface area contributed by atoms with Crippen molar-refractivity contribution in [1.29, 1.82) is 0 Å². The topological polar surface area (TPSA) is 38.8 Å². The number of anilines is 1. The van der Waals surface area contributed by atoms with Gasteiger partial charge in [0.25, 0.3) is 5.91 Å². The fourth-order valence-corrected chi connectivity index (χ4v) is 5.17. The van der Waals surface area contributed by atoms with Crippen LogP contribution in [-0.4, -0.2) is 74.1 Å². The summed E-state index contributed by atoms with van der Waals surface area (Å²) in [5, 5.41) is 3.79. The Kier molecular flexibility index (Phi) is 8.03. The maximum atomic E-state index is 12.8. The predicted octanol–water partition coefficient (Wildman–Crippen LogP) is 3.91. The van der Waals surface area contributed by atoms with Crippen molar-refractivity contribution in [3.8, 4) is 0 Å². The Balaban J connectivity index is 1.20. The van der Waals surface area contributed by atoms with Gasteiger partial charge in [-0.3, -0.25) is 4.79 Å². The van der Waals surface area contributed by atoms with E-state index in [1.165, 1.54) is 50.6 Å². The summed E-state index contributed by atoms with van der Waals surface area (Å²) >= 11 is 0. The van der Waals surface area contributed by atoms with E-state index in [0.29, 0.717) is 6.04 Å². The highest BCUT2D eigenvalue weighted by atomic mass is 16.2. The first-order chi connectivity index (χ1) is 15.2. The third-order valence-corrected chi connectivity index (χ3v) is 7.35. The molecule has 2 aliphatic heterocycles.